The maximum atomic E-state index is 14.5. The van der Waals surface area contributed by atoms with Crippen LogP contribution in [0.2, 0.25) is 0 Å². The molecule has 3 aromatic carbocycles. The molecule has 2 aliphatic rings. The Balaban J connectivity index is 1.16. The number of aromatic carboxylic acids is 1. The summed E-state index contributed by atoms with van der Waals surface area (Å²) in [6, 6.07) is 17.0. The third kappa shape index (κ3) is 5.99. The predicted molar refractivity (Wildman–Crippen MR) is 152 cm³/mol. The smallest absolute Gasteiger partial charge is 0.335 e. The quantitative estimate of drug-likeness (QED) is 0.254. The first-order chi connectivity index (χ1) is 19.9. The summed E-state index contributed by atoms with van der Waals surface area (Å²) in [7, 11) is 0. The van der Waals surface area contributed by atoms with Gasteiger partial charge in [0.1, 0.15) is 24.0 Å². The van der Waals surface area contributed by atoms with Crippen LogP contribution in [0.1, 0.15) is 40.2 Å². The first-order valence-corrected chi connectivity index (χ1v) is 13.6. The van der Waals surface area contributed by atoms with E-state index in [0.29, 0.717) is 31.1 Å². The number of rotatable bonds is 9. The molecule has 2 aliphatic heterocycles. The van der Waals surface area contributed by atoms with Crippen molar-refractivity contribution in [2.24, 2.45) is 0 Å². The van der Waals surface area contributed by atoms with Gasteiger partial charge in [-0.25, -0.2) is 19.0 Å². The Morgan fingerprint density at radius 1 is 1.17 bits per heavy atom. The standard InChI is InChI=1S/C32H29FN4O4/c1-34-26-5-2-21(3-6-26)20-41-28-15-24(14-25(33)17-28)22-8-11-36(12-9-22)19-31-35-29-7-4-23(32(38)39)16-30(29)37(31)18-27-10-13-40-27/h2-8,14-17,27H,9-13,18-20H2,(H,38,39)/t27-/m0/s1. The van der Waals surface area contributed by atoms with Gasteiger partial charge in [0.2, 0.25) is 0 Å². The summed E-state index contributed by atoms with van der Waals surface area (Å²) in [6.07, 6.45) is 3.95. The Bertz CT molecular complexity index is 1670. The van der Waals surface area contributed by atoms with Crippen LogP contribution >= 0.6 is 0 Å². The molecule has 1 saturated heterocycles. The van der Waals surface area contributed by atoms with Gasteiger partial charge in [0.15, 0.2) is 5.69 Å². The second-order valence-corrected chi connectivity index (χ2v) is 10.4. The topological polar surface area (TPSA) is 81.2 Å². The molecule has 0 saturated carbocycles. The minimum atomic E-state index is -0.962. The monoisotopic (exact) mass is 552 g/mol. The third-order valence-corrected chi connectivity index (χ3v) is 7.63. The minimum Gasteiger partial charge on any atom is -0.489 e. The van der Waals surface area contributed by atoms with Gasteiger partial charge < -0.3 is 19.1 Å². The first kappa shape index (κ1) is 26.7. The van der Waals surface area contributed by atoms with Gasteiger partial charge in [0, 0.05) is 25.8 Å². The Hall–Kier alpha value is -4.52. The Kier molecular flexibility index (Phi) is 7.51. The average Bonchev–Trinajstić information content (AvgIpc) is 3.30. The predicted octanol–water partition coefficient (Wildman–Crippen LogP) is 6.08. The fourth-order valence-corrected chi connectivity index (χ4v) is 5.24. The van der Waals surface area contributed by atoms with Crippen molar-refractivity contribution in [2.75, 3.05) is 19.7 Å². The van der Waals surface area contributed by atoms with Gasteiger partial charge in [-0.1, -0.05) is 30.3 Å². The number of fused-ring (bicyclic) bond motifs is 1. The maximum Gasteiger partial charge on any atom is 0.335 e. The van der Waals surface area contributed by atoms with E-state index >= 15 is 0 Å². The molecule has 4 aromatic rings. The molecule has 1 atom stereocenters. The molecule has 0 amide bonds. The summed E-state index contributed by atoms with van der Waals surface area (Å²) >= 11 is 0. The molecular weight excluding hydrogens is 523 g/mol. The van der Waals surface area contributed by atoms with Gasteiger partial charge in [-0.3, -0.25) is 4.90 Å². The second-order valence-electron chi connectivity index (χ2n) is 10.4. The van der Waals surface area contributed by atoms with Crippen LogP contribution in [0.5, 0.6) is 5.75 Å². The number of hydrogen-bond donors (Lipinski definition) is 1. The van der Waals surface area contributed by atoms with Gasteiger partial charge in [-0.15, -0.1) is 0 Å². The lowest BCUT2D eigenvalue weighted by Crippen LogP contribution is -2.33. The van der Waals surface area contributed by atoms with Crippen molar-refractivity contribution in [1.82, 2.24) is 14.5 Å². The number of halogens is 1. The van der Waals surface area contributed by atoms with Gasteiger partial charge in [-0.05, 0) is 59.9 Å². The number of carboxylic acid groups (broad SMARTS) is 1. The number of carboxylic acids is 1. The molecule has 0 spiro atoms. The van der Waals surface area contributed by atoms with E-state index in [0.717, 1.165) is 59.6 Å². The fraction of sp³-hybridized carbons (Fsp3) is 0.281. The highest BCUT2D eigenvalue weighted by atomic mass is 19.1. The van der Waals surface area contributed by atoms with Crippen LogP contribution in [-0.2, 0) is 24.4 Å². The van der Waals surface area contributed by atoms with Crippen molar-refractivity contribution in [3.05, 3.63) is 106 Å². The lowest BCUT2D eigenvalue weighted by Gasteiger charge is -2.29. The van der Waals surface area contributed by atoms with Gasteiger partial charge >= 0.3 is 5.97 Å². The largest absolute Gasteiger partial charge is 0.489 e. The van der Waals surface area contributed by atoms with Crippen LogP contribution in [0.4, 0.5) is 10.1 Å². The van der Waals surface area contributed by atoms with Crippen molar-refractivity contribution >= 4 is 28.3 Å². The number of benzene rings is 3. The highest BCUT2D eigenvalue weighted by molar-refractivity contribution is 5.92. The number of nitrogens with zero attached hydrogens (tertiary/aromatic N) is 4. The Morgan fingerprint density at radius 3 is 2.68 bits per heavy atom. The SMILES string of the molecule is [C-]#[N+]c1ccc(COc2cc(F)cc(C3=CCN(Cc4nc5ccc(C(=O)O)cc5n4C[C@@H]4CCO4)CC3)c2)cc1. The normalized spacial score (nSPS) is 17.1. The van der Waals surface area contributed by atoms with Crippen LogP contribution in [-0.4, -0.2) is 51.3 Å². The zero-order chi connectivity index (χ0) is 28.3. The van der Waals surface area contributed by atoms with Crippen LogP contribution in [0.3, 0.4) is 0 Å². The van der Waals surface area contributed by atoms with Crippen LogP contribution in [0, 0.1) is 12.4 Å². The summed E-state index contributed by atoms with van der Waals surface area (Å²) < 4.78 is 28.2. The molecule has 208 valence electrons. The van der Waals surface area contributed by atoms with E-state index in [1.807, 2.05) is 18.2 Å². The summed E-state index contributed by atoms with van der Waals surface area (Å²) in [5, 5.41) is 9.49. The fourth-order valence-electron chi connectivity index (χ4n) is 5.24. The molecule has 1 N–H and O–H groups in total. The number of imidazole rings is 1. The van der Waals surface area contributed by atoms with Crippen LogP contribution in [0.15, 0.2) is 66.7 Å². The van der Waals surface area contributed by atoms with E-state index in [2.05, 4.69) is 20.4 Å². The lowest BCUT2D eigenvalue weighted by molar-refractivity contribution is -0.0591. The molecule has 1 aromatic heterocycles. The van der Waals surface area contributed by atoms with Crippen molar-refractivity contribution in [2.45, 2.75) is 38.6 Å². The van der Waals surface area contributed by atoms with Crippen molar-refractivity contribution in [3.63, 3.8) is 0 Å². The average molecular weight is 553 g/mol. The van der Waals surface area contributed by atoms with Crippen LogP contribution < -0.4 is 4.74 Å². The lowest BCUT2D eigenvalue weighted by atomic mass is 9.99. The molecule has 1 fully saturated rings. The van der Waals surface area contributed by atoms with Crippen molar-refractivity contribution < 1.29 is 23.8 Å². The zero-order valence-corrected chi connectivity index (χ0v) is 22.4. The molecule has 8 nitrogen and oxygen atoms in total. The highest BCUT2D eigenvalue weighted by Crippen LogP contribution is 2.29. The number of ether oxygens (including phenoxy) is 2. The zero-order valence-electron chi connectivity index (χ0n) is 22.4. The molecular formula is C32H29FN4O4. The van der Waals surface area contributed by atoms with E-state index in [1.54, 1.807) is 30.3 Å². The summed E-state index contributed by atoms with van der Waals surface area (Å²) in [5.74, 6) is 0.0267. The summed E-state index contributed by atoms with van der Waals surface area (Å²) in [4.78, 5) is 22.1. The van der Waals surface area contributed by atoms with E-state index in [4.69, 9.17) is 21.0 Å². The number of aromatic nitrogens is 2. The number of carbonyl (C=O) groups is 1. The van der Waals surface area contributed by atoms with E-state index < -0.39 is 5.97 Å². The molecule has 0 radical (unpaired) electrons. The number of hydrogen-bond acceptors (Lipinski definition) is 5. The highest BCUT2D eigenvalue weighted by Gasteiger charge is 2.24. The van der Waals surface area contributed by atoms with Crippen LogP contribution in [0.25, 0.3) is 21.5 Å². The van der Waals surface area contributed by atoms with E-state index in [1.165, 1.54) is 12.1 Å². The van der Waals surface area contributed by atoms with Crippen molar-refractivity contribution in [3.8, 4) is 5.75 Å². The molecule has 6 rings (SSSR count). The Labute approximate surface area is 237 Å². The third-order valence-electron chi connectivity index (χ3n) is 7.63. The van der Waals surface area contributed by atoms with E-state index in [-0.39, 0.29) is 24.1 Å². The summed E-state index contributed by atoms with van der Waals surface area (Å²) in [5.41, 5.74) is 5.15. The first-order valence-electron chi connectivity index (χ1n) is 13.6. The van der Waals surface area contributed by atoms with Gasteiger partial charge in [0.25, 0.3) is 0 Å². The molecule has 0 unspecified atom stereocenters. The molecule has 3 heterocycles. The maximum absolute atomic E-state index is 14.5. The van der Waals surface area contributed by atoms with Gasteiger partial charge in [-0.2, -0.15) is 0 Å². The second kappa shape index (κ2) is 11.5. The minimum absolute atomic E-state index is 0.106. The molecule has 0 bridgehead atoms. The Morgan fingerprint density at radius 2 is 2.00 bits per heavy atom. The molecule has 9 heteroatoms. The molecule has 41 heavy (non-hydrogen) atoms. The van der Waals surface area contributed by atoms with Crippen molar-refractivity contribution in [1.29, 1.82) is 0 Å². The van der Waals surface area contributed by atoms with Gasteiger partial charge in [0.05, 0.1) is 42.4 Å². The molecule has 0 aliphatic carbocycles. The van der Waals surface area contributed by atoms with E-state index in [9.17, 15) is 14.3 Å². The summed E-state index contributed by atoms with van der Waals surface area (Å²) in [6.45, 7) is 10.8.